The summed E-state index contributed by atoms with van der Waals surface area (Å²) in [5, 5.41) is 2.44. The summed E-state index contributed by atoms with van der Waals surface area (Å²) in [6.45, 7) is 13.4. The second-order valence-electron chi connectivity index (χ2n) is 27.6. The van der Waals surface area contributed by atoms with Crippen molar-refractivity contribution in [2.45, 2.75) is 52.4 Å². The molecule has 0 saturated heterocycles. The number of rotatable bonds is 8. The fourth-order valence-electron chi connectivity index (χ4n) is 15.5. The molecule has 94 heavy (non-hydrogen) atoms. The van der Waals surface area contributed by atoms with Crippen molar-refractivity contribution in [3.63, 3.8) is 0 Å². The molecule has 448 valence electrons. The molecule has 0 bridgehead atoms. The van der Waals surface area contributed by atoms with E-state index in [9.17, 15) is 0 Å². The Morgan fingerprint density at radius 1 is 0.319 bits per heavy atom. The zero-order valence-electron chi connectivity index (χ0n) is 53.5. The second kappa shape index (κ2) is 21.2. The highest BCUT2D eigenvalue weighted by Gasteiger charge is 2.48. The van der Waals surface area contributed by atoms with Crippen molar-refractivity contribution < 1.29 is 9.47 Å². The van der Waals surface area contributed by atoms with Crippen molar-refractivity contribution in [1.82, 2.24) is 4.57 Å². The zero-order chi connectivity index (χ0) is 63.1. The standard InChI is InChI=1S/C86H66B2N4O2/c1-85(2,3)57-43-45-66-67-46-44-58(86(4,5)6)48-73(67)91(72(66)47-57)63-50-76-82-81(52-63)94-78-41-24-22-39-68(78)87(82)70-53-71-75(54-74(70)90(76)61-35-20-11-21-36-61)92(84-64(55-27-12-7-13-28-55)37-26-38-65(84)56-29-14-8-15-30-56)77-49-62(51-80-83(77)88(71)69-40-23-25-42-79(69)93-80)89(59-31-16-9-17-32-59)60-33-18-10-19-34-60/h7-54H,1-6H3. The molecule has 18 rings (SSSR count). The Kier molecular flexibility index (Phi) is 12.5. The van der Waals surface area contributed by atoms with Crippen LogP contribution in [-0.2, 0) is 10.8 Å². The van der Waals surface area contributed by atoms with Gasteiger partial charge in [-0.25, -0.2) is 0 Å². The number of para-hydroxylation sites is 6. The SMILES string of the molecule is CC(C)(C)c1ccc2c3ccc(C(C)(C)C)cc3n(-c3cc4c5c(c3)N(c3ccccc3)c3cc6c(cc3B5c3ccccc3O4)B3c4ccccc4Oc4cc(N(c5ccccc5)c5ccccc5)cc(c43)N6c3c(-c4ccccc4)cccc3-c3ccccc3)c2c1. The van der Waals surface area contributed by atoms with Gasteiger partial charge < -0.3 is 28.7 Å². The normalized spacial score (nSPS) is 13.3. The molecule has 0 unspecified atom stereocenters. The first-order valence-corrected chi connectivity index (χ1v) is 32.9. The van der Waals surface area contributed by atoms with Crippen LogP contribution in [0.15, 0.2) is 291 Å². The van der Waals surface area contributed by atoms with Gasteiger partial charge in [0.1, 0.15) is 23.0 Å². The number of anilines is 9. The molecular weight excluding hydrogens is 1140 g/mol. The van der Waals surface area contributed by atoms with E-state index in [-0.39, 0.29) is 24.3 Å². The van der Waals surface area contributed by atoms with Gasteiger partial charge in [0.25, 0.3) is 13.4 Å². The summed E-state index contributed by atoms with van der Waals surface area (Å²) in [6.07, 6.45) is 0. The molecule has 13 aromatic carbocycles. The summed E-state index contributed by atoms with van der Waals surface area (Å²) in [4.78, 5) is 7.52. The summed E-state index contributed by atoms with van der Waals surface area (Å²) in [5.74, 6) is 3.36. The number of hydrogen-bond donors (Lipinski definition) is 0. The fraction of sp³-hybridized carbons (Fsp3) is 0.0930. The third kappa shape index (κ3) is 8.73. The molecule has 0 atom stereocenters. The molecule has 0 saturated carbocycles. The van der Waals surface area contributed by atoms with Gasteiger partial charge in [-0.1, -0.05) is 242 Å². The zero-order valence-corrected chi connectivity index (χ0v) is 53.5. The van der Waals surface area contributed by atoms with Crippen LogP contribution >= 0.6 is 0 Å². The van der Waals surface area contributed by atoms with Crippen LogP contribution in [0.5, 0.6) is 23.0 Å². The number of ether oxygens (including phenoxy) is 2. The first-order chi connectivity index (χ1) is 45.9. The fourth-order valence-corrected chi connectivity index (χ4v) is 15.5. The van der Waals surface area contributed by atoms with Gasteiger partial charge in [-0.3, -0.25) is 0 Å². The van der Waals surface area contributed by atoms with E-state index in [4.69, 9.17) is 9.47 Å². The summed E-state index contributed by atoms with van der Waals surface area (Å²) in [6, 6.07) is 107. The van der Waals surface area contributed by atoms with Gasteiger partial charge in [0.2, 0.25) is 0 Å². The Hall–Kier alpha value is -11.2. The quantitative estimate of drug-likeness (QED) is 0.142. The van der Waals surface area contributed by atoms with Gasteiger partial charge in [0.05, 0.1) is 28.1 Å². The van der Waals surface area contributed by atoms with Crippen LogP contribution in [0.1, 0.15) is 52.7 Å². The lowest BCUT2D eigenvalue weighted by Gasteiger charge is -2.45. The maximum absolute atomic E-state index is 7.43. The van der Waals surface area contributed by atoms with Gasteiger partial charge in [0.15, 0.2) is 0 Å². The molecule has 0 aliphatic carbocycles. The Morgan fingerprint density at radius 2 is 0.766 bits per heavy atom. The minimum atomic E-state index is -0.235. The Bertz CT molecular complexity index is 5200. The largest absolute Gasteiger partial charge is 0.458 e. The summed E-state index contributed by atoms with van der Waals surface area (Å²) in [5.41, 5.74) is 26.6. The van der Waals surface area contributed by atoms with Crippen LogP contribution in [0.3, 0.4) is 0 Å². The third-order valence-corrected chi connectivity index (χ3v) is 19.9. The van der Waals surface area contributed by atoms with Crippen LogP contribution in [0.2, 0.25) is 0 Å². The van der Waals surface area contributed by atoms with Crippen LogP contribution in [0, 0.1) is 0 Å². The van der Waals surface area contributed by atoms with Gasteiger partial charge in [-0.15, -0.1) is 0 Å². The molecule has 5 heterocycles. The van der Waals surface area contributed by atoms with Crippen molar-refractivity contribution in [3.05, 3.63) is 302 Å². The molecule has 0 amide bonds. The van der Waals surface area contributed by atoms with Crippen molar-refractivity contribution in [2.24, 2.45) is 0 Å². The average molecular weight is 1210 g/mol. The van der Waals surface area contributed by atoms with E-state index in [0.717, 1.165) is 124 Å². The molecule has 0 radical (unpaired) electrons. The topological polar surface area (TPSA) is 33.1 Å². The lowest BCUT2D eigenvalue weighted by Crippen LogP contribution is -2.63. The lowest BCUT2D eigenvalue weighted by molar-refractivity contribution is 0.487. The van der Waals surface area contributed by atoms with E-state index in [1.165, 1.54) is 43.9 Å². The lowest BCUT2D eigenvalue weighted by atomic mass is 9.31. The number of fused-ring (bicyclic) bond motifs is 11. The van der Waals surface area contributed by atoms with Gasteiger partial charge in [-0.05, 0) is 145 Å². The Labute approximate surface area is 550 Å². The van der Waals surface area contributed by atoms with Gasteiger partial charge in [-0.2, -0.15) is 0 Å². The summed E-state index contributed by atoms with van der Waals surface area (Å²) in [7, 11) is 0. The van der Waals surface area contributed by atoms with E-state index in [1.54, 1.807) is 0 Å². The van der Waals surface area contributed by atoms with E-state index in [0.29, 0.717) is 0 Å². The van der Waals surface area contributed by atoms with E-state index >= 15 is 0 Å². The maximum atomic E-state index is 7.43. The van der Waals surface area contributed by atoms with Crippen molar-refractivity contribution in [2.75, 3.05) is 14.7 Å². The van der Waals surface area contributed by atoms with E-state index in [1.807, 2.05) is 0 Å². The third-order valence-electron chi connectivity index (χ3n) is 19.9. The number of nitrogens with zero attached hydrogens (tertiary/aromatic N) is 4. The first kappa shape index (κ1) is 55.6. The summed E-state index contributed by atoms with van der Waals surface area (Å²) >= 11 is 0. The predicted molar refractivity (Wildman–Crippen MR) is 395 cm³/mol. The smallest absolute Gasteiger partial charge is 0.256 e. The molecule has 8 heteroatoms. The first-order valence-electron chi connectivity index (χ1n) is 32.9. The predicted octanol–water partition coefficient (Wildman–Crippen LogP) is 19.0. The highest BCUT2D eigenvalue weighted by Crippen LogP contribution is 2.53. The minimum absolute atomic E-state index is 0.0855. The van der Waals surface area contributed by atoms with Crippen LogP contribution < -0.4 is 57.0 Å². The van der Waals surface area contributed by atoms with Crippen molar-refractivity contribution in [3.8, 4) is 50.9 Å². The van der Waals surface area contributed by atoms with Crippen LogP contribution in [0.25, 0.3) is 49.7 Å². The van der Waals surface area contributed by atoms with Crippen LogP contribution in [0.4, 0.5) is 51.2 Å². The average Bonchev–Trinajstić information content (AvgIpc) is 0.728. The molecule has 4 aliphatic rings. The highest BCUT2D eigenvalue weighted by molar-refractivity contribution is 7.02. The number of hydrogen-bond acceptors (Lipinski definition) is 5. The Balaban J connectivity index is 0.978. The van der Waals surface area contributed by atoms with E-state index < -0.39 is 0 Å². The maximum Gasteiger partial charge on any atom is 0.256 e. The number of benzene rings is 13. The Morgan fingerprint density at radius 3 is 1.28 bits per heavy atom. The summed E-state index contributed by atoms with van der Waals surface area (Å²) < 4.78 is 17.4. The molecule has 4 aliphatic heterocycles. The van der Waals surface area contributed by atoms with Crippen molar-refractivity contribution >= 4 is 119 Å². The van der Waals surface area contributed by atoms with Gasteiger partial charge >= 0.3 is 0 Å². The molecule has 1 aromatic heterocycles. The van der Waals surface area contributed by atoms with Crippen LogP contribution in [-0.4, -0.2) is 18.0 Å². The second-order valence-corrected chi connectivity index (χ2v) is 27.6. The van der Waals surface area contributed by atoms with Crippen molar-refractivity contribution in [1.29, 1.82) is 0 Å². The minimum Gasteiger partial charge on any atom is -0.458 e. The molecule has 0 spiro atoms. The molecule has 14 aromatic rings. The van der Waals surface area contributed by atoms with Gasteiger partial charge in [0, 0.05) is 73.8 Å². The molecule has 0 fully saturated rings. The molecule has 0 N–H and O–H groups in total. The number of aromatic nitrogens is 1. The van der Waals surface area contributed by atoms with E-state index in [2.05, 4.69) is 352 Å². The molecular formula is C86H66B2N4O2. The monoisotopic (exact) mass is 1210 g/mol. The highest BCUT2D eigenvalue weighted by atomic mass is 16.5. The molecule has 6 nitrogen and oxygen atoms in total.